The van der Waals surface area contributed by atoms with E-state index in [1.807, 2.05) is 0 Å². The zero-order chi connectivity index (χ0) is 13.4. The zero-order valence-electron chi connectivity index (χ0n) is 11.9. The van der Waals surface area contributed by atoms with Gasteiger partial charge in [-0.05, 0) is 44.4 Å². The van der Waals surface area contributed by atoms with Gasteiger partial charge >= 0.3 is 0 Å². The number of Topliss-reactive ketones (excluding diaryl/α,β-unsaturated/α-hetero) is 1. The van der Waals surface area contributed by atoms with Gasteiger partial charge in [0.15, 0.2) is 0 Å². The van der Waals surface area contributed by atoms with E-state index in [0.29, 0.717) is 17.6 Å². The van der Waals surface area contributed by atoms with Crippen molar-refractivity contribution in [2.75, 3.05) is 6.54 Å². The van der Waals surface area contributed by atoms with Gasteiger partial charge in [0.25, 0.3) is 0 Å². The van der Waals surface area contributed by atoms with Crippen LogP contribution in [0.15, 0.2) is 0 Å². The summed E-state index contributed by atoms with van der Waals surface area (Å²) in [6, 6.07) is 0.224. The van der Waals surface area contributed by atoms with Crippen LogP contribution in [-0.2, 0) is 9.59 Å². The van der Waals surface area contributed by atoms with E-state index < -0.39 is 0 Å². The van der Waals surface area contributed by atoms with Crippen LogP contribution >= 0.6 is 0 Å². The van der Waals surface area contributed by atoms with Gasteiger partial charge in [-0.1, -0.05) is 13.3 Å². The number of hydrogen-bond acceptors (Lipinski definition) is 2. The lowest BCUT2D eigenvalue weighted by atomic mass is 9.81. The minimum atomic E-state index is 0.145. The summed E-state index contributed by atoms with van der Waals surface area (Å²) in [6.07, 6.45) is 8.51. The summed E-state index contributed by atoms with van der Waals surface area (Å²) in [5, 5.41) is 0. The van der Waals surface area contributed by atoms with Crippen molar-refractivity contribution in [3.63, 3.8) is 0 Å². The Kier molecular flexibility index (Phi) is 3.64. The Bertz CT molecular complexity index is 375. The Morgan fingerprint density at radius 2 is 1.95 bits per heavy atom. The first kappa shape index (κ1) is 13.1. The van der Waals surface area contributed by atoms with Crippen LogP contribution in [0, 0.1) is 17.8 Å². The monoisotopic (exact) mass is 263 g/mol. The lowest BCUT2D eigenvalue weighted by Gasteiger charge is -2.34. The topological polar surface area (TPSA) is 37.4 Å². The molecule has 0 aromatic carbocycles. The second-order valence-electron chi connectivity index (χ2n) is 6.69. The minimum absolute atomic E-state index is 0.145. The third-order valence-electron chi connectivity index (χ3n) is 5.37. The summed E-state index contributed by atoms with van der Waals surface area (Å²) in [6.45, 7) is 2.96. The van der Waals surface area contributed by atoms with Crippen LogP contribution in [-0.4, -0.2) is 29.2 Å². The highest BCUT2D eigenvalue weighted by molar-refractivity contribution is 5.84. The maximum atomic E-state index is 12.6. The van der Waals surface area contributed by atoms with Crippen LogP contribution in [0.25, 0.3) is 0 Å². The lowest BCUT2D eigenvalue weighted by molar-refractivity contribution is -0.139. The SMILES string of the molecule is CC(C(=O)N1CCCC1C1CCCCC1=O)C1CC1. The van der Waals surface area contributed by atoms with Crippen molar-refractivity contribution in [1.29, 1.82) is 0 Å². The molecule has 3 heteroatoms. The van der Waals surface area contributed by atoms with Crippen molar-refractivity contribution in [1.82, 2.24) is 4.90 Å². The molecule has 0 N–H and O–H groups in total. The highest BCUT2D eigenvalue weighted by atomic mass is 16.2. The number of ketones is 1. The fraction of sp³-hybridized carbons (Fsp3) is 0.875. The number of nitrogens with zero attached hydrogens (tertiary/aromatic N) is 1. The molecule has 3 rings (SSSR count). The van der Waals surface area contributed by atoms with E-state index in [-0.39, 0.29) is 17.9 Å². The average molecular weight is 263 g/mol. The quantitative estimate of drug-likeness (QED) is 0.785. The predicted molar refractivity (Wildman–Crippen MR) is 73.6 cm³/mol. The van der Waals surface area contributed by atoms with Gasteiger partial charge in [-0.15, -0.1) is 0 Å². The number of amides is 1. The van der Waals surface area contributed by atoms with Crippen LogP contribution in [0.5, 0.6) is 0 Å². The van der Waals surface area contributed by atoms with Gasteiger partial charge in [0.2, 0.25) is 5.91 Å². The molecule has 3 fully saturated rings. The summed E-state index contributed by atoms with van der Waals surface area (Å²) in [5.74, 6) is 1.68. The largest absolute Gasteiger partial charge is 0.339 e. The number of rotatable bonds is 3. The molecular weight excluding hydrogens is 238 g/mol. The normalized spacial score (nSPS) is 33.5. The standard InChI is InChI=1S/C16H25NO2/c1-11(12-8-9-12)16(19)17-10-4-6-14(17)13-5-2-3-7-15(13)18/h11-14H,2-10H2,1H3. The summed E-state index contributed by atoms with van der Waals surface area (Å²) in [4.78, 5) is 26.8. The van der Waals surface area contributed by atoms with Gasteiger partial charge in [-0.3, -0.25) is 9.59 Å². The maximum Gasteiger partial charge on any atom is 0.225 e. The Labute approximate surface area is 115 Å². The van der Waals surface area contributed by atoms with Crippen LogP contribution < -0.4 is 0 Å². The molecule has 3 atom stereocenters. The van der Waals surface area contributed by atoms with Gasteiger partial charge in [0, 0.05) is 30.8 Å². The number of carbonyl (C=O) groups excluding carboxylic acids is 2. The molecule has 2 saturated carbocycles. The summed E-state index contributed by atoms with van der Waals surface area (Å²) in [7, 11) is 0. The molecule has 1 heterocycles. The molecule has 106 valence electrons. The summed E-state index contributed by atoms with van der Waals surface area (Å²) < 4.78 is 0. The number of hydrogen-bond donors (Lipinski definition) is 0. The Morgan fingerprint density at radius 1 is 1.16 bits per heavy atom. The molecule has 3 aliphatic rings. The highest BCUT2D eigenvalue weighted by Gasteiger charge is 2.42. The molecule has 0 bridgehead atoms. The molecule has 0 spiro atoms. The molecule has 0 aromatic rings. The third-order valence-corrected chi connectivity index (χ3v) is 5.37. The number of likely N-dealkylation sites (tertiary alicyclic amines) is 1. The molecule has 1 aliphatic heterocycles. The molecule has 3 unspecified atom stereocenters. The van der Waals surface area contributed by atoms with E-state index in [9.17, 15) is 9.59 Å². The predicted octanol–water partition coefficient (Wildman–Crippen LogP) is 2.78. The van der Waals surface area contributed by atoms with Crippen LogP contribution in [0.2, 0.25) is 0 Å². The van der Waals surface area contributed by atoms with E-state index in [4.69, 9.17) is 0 Å². The van der Waals surface area contributed by atoms with Gasteiger partial charge < -0.3 is 4.90 Å². The Balaban J connectivity index is 1.69. The van der Waals surface area contributed by atoms with Crippen LogP contribution in [0.4, 0.5) is 0 Å². The van der Waals surface area contributed by atoms with E-state index in [0.717, 1.165) is 45.1 Å². The molecule has 1 saturated heterocycles. The third kappa shape index (κ3) is 2.56. The van der Waals surface area contributed by atoms with Crippen LogP contribution in [0.1, 0.15) is 58.3 Å². The lowest BCUT2D eigenvalue weighted by Crippen LogP contribution is -2.46. The van der Waals surface area contributed by atoms with E-state index in [1.54, 1.807) is 0 Å². The van der Waals surface area contributed by atoms with E-state index in [2.05, 4.69) is 11.8 Å². The second kappa shape index (κ2) is 5.26. The Morgan fingerprint density at radius 3 is 2.63 bits per heavy atom. The van der Waals surface area contributed by atoms with E-state index in [1.165, 1.54) is 12.8 Å². The van der Waals surface area contributed by atoms with Crippen LogP contribution in [0.3, 0.4) is 0 Å². The molecule has 19 heavy (non-hydrogen) atoms. The first-order valence-corrected chi connectivity index (χ1v) is 8.01. The first-order valence-electron chi connectivity index (χ1n) is 8.01. The van der Waals surface area contributed by atoms with Crippen molar-refractivity contribution in [3.8, 4) is 0 Å². The average Bonchev–Trinajstić information content (AvgIpc) is 3.16. The van der Waals surface area contributed by atoms with Gasteiger partial charge in [0.1, 0.15) is 5.78 Å². The first-order chi connectivity index (χ1) is 9.18. The maximum absolute atomic E-state index is 12.6. The fourth-order valence-corrected chi connectivity index (χ4v) is 3.96. The molecule has 2 aliphatic carbocycles. The Hall–Kier alpha value is -0.860. The number of carbonyl (C=O) groups is 2. The molecule has 3 nitrogen and oxygen atoms in total. The zero-order valence-corrected chi connectivity index (χ0v) is 11.9. The second-order valence-corrected chi connectivity index (χ2v) is 6.69. The molecular formula is C16H25NO2. The summed E-state index contributed by atoms with van der Waals surface area (Å²) >= 11 is 0. The minimum Gasteiger partial charge on any atom is -0.339 e. The van der Waals surface area contributed by atoms with Crippen molar-refractivity contribution >= 4 is 11.7 Å². The van der Waals surface area contributed by atoms with Crippen molar-refractivity contribution in [3.05, 3.63) is 0 Å². The van der Waals surface area contributed by atoms with Crippen molar-refractivity contribution < 1.29 is 9.59 Å². The summed E-state index contributed by atoms with van der Waals surface area (Å²) in [5.41, 5.74) is 0. The molecule has 0 radical (unpaired) electrons. The smallest absolute Gasteiger partial charge is 0.225 e. The van der Waals surface area contributed by atoms with Gasteiger partial charge in [-0.25, -0.2) is 0 Å². The molecule has 0 aromatic heterocycles. The van der Waals surface area contributed by atoms with Gasteiger partial charge in [-0.2, -0.15) is 0 Å². The van der Waals surface area contributed by atoms with E-state index >= 15 is 0 Å². The fourth-order valence-electron chi connectivity index (χ4n) is 3.96. The highest BCUT2D eigenvalue weighted by Crippen LogP contribution is 2.40. The molecule has 1 amide bonds. The van der Waals surface area contributed by atoms with Crippen molar-refractivity contribution in [2.45, 2.75) is 64.3 Å². The van der Waals surface area contributed by atoms with Gasteiger partial charge in [0.05, 0.1) is 0 Å². The van der Waals surface area contributed by atoms with Crippen molar-refractivity contribution in [2.24, 2.45) is 17.8 Å².